The van der Waals surface area contributed by atoms with Crippen molar-refractivity contribution in [2.24, 2.45) is 5.92 Å². The van der Waals surface area contributed by atoms with Gasteiger partial charge in [-0.1, -0.05) is 19.1 Å². The second-order valence-corrected chi connectivity index (χ2v) is 6.08. The van der Waals surface area contributed by atoms with Crippen molar-refractivity contribution in [3.05, 3.63) is 41.9 Å². The number of fused-ring (bicyclic) bond motifs is 1. The lowest BCUT2D eigenvalue weighted by Crippen LogP contribution is -2.17. The second-order valence-electron chi connectivity index (χ2n) is 5.14. The van der Waals surface area contributed by atoms with E-state index in [0.29, 0.717) is 18.2 Å². The topological polar surface area (TPSA) is 73.1 Å². The van der Waals surface area contributed by atoms with E-state index >= 15 is 0 Å². The summed E-state index contributed by atoms with van der Waals surface area (Å²) >= 11 is 0. The predicted octanol–water partition coefficient (Wildman–Crippen LogP) is 3.27. The number of rotatable bonds is 2. The van der Waals surface area contributed by atoms with Crippen molar-refractivity contribution in [2.45, 2.75) is 19.5 Å². The van der Waals surface area contributed by atoms with Crippen molar-refractivity contribution >= 4 is 32.0 Å². The quantitative estimate of drug-likeness (QED) is 0.772. The molecule has 2 aromatic rings. The minimum absolute atomic E-state index is 0.0325. The molecule has 1 atom stereocenters. The zero-order chi connectivity index (χ0) is 17.5. The Balaban J connectivity index is 2.11. The van der Waals surface area contributed by atoms with Crippen molar-refractivity contribution in [3.63, 3.8) is 0 Å². The molecule has 0 saturated heterocycles. The van der Waals surface area contributed by atoms with Crippen LogP contribution in [-0.4, -0.2) is 23.3 Å². The predicted molar refractivity (Wildman–Crippen MR) is 81.6 cm³/mol. The smallest absolute Gasteiger partial charge is 0.417 e. The van der Waals surface area contributed by atoms with Crippen molar-refractivity contribution < 1.29 is 26.0 Å². The SMILES string of the molecule is CCC1C(c2nc3cc(C(F)(F)F)cnc3o2)=CC=CC1=S(=O)=O. The maximum Gasteiger partial charge on any atom is 0.417 e. The Morgan fingerprint density at radius 1 is 1.33 bits per heavy atom. The van der Waals surface area contributed by atoms with Gasteiger partial charge in [-0.3, -0.25) is 0 Å². The molecular formula is C15H11F3N2O3S. The van der Waals surface area contributed by atoms with Crippen LogP contribution >= 0.6 is 0 Å². The molecule has 0 bridgehead atoms. The molecule has 0 fully saturated rings. The van der Waals surface area contributed by atoms with Crippen LogP contribution in [0.15, 0.2) is 34.9 Å². The maximum atomic E-state index is 12.7. The van der Waals surface area contributed by atoms with Gasteiger partial charge >= 0.3 is 6.18 Å². The first kappa shape index (κ1) is 16.4. The maximum absolute atomic E-state index is 12.7. The summed E-state index contributed by atoms with van der Waals surface area (Å²) < 4.78 is 66.3. The van der Waals surface area contributed by atoms with E-state index in [1.165, 1.54) is 12.2 Å². The lowest BCUT2D eigenvalue weighted by atomic mass is 9.89. The number of pyridine rings is 1. The van der Waals surface area contributed by atoms with Crippen LogP contribution in [0.2, 0.25) is 0 Å². The molecule has 24 heavy (non-hydrogen) atoms. The number of nitrogens with zero attached hydrogens (tertiary/aromatic N) is 2. The van der Waals surface area contributed by atoms with Crippen molar-refractivity contribution in [1.82, 2.24) is 9.97 Å². The van der Waals surface area contributed by atoms with Crippen LogP contribution in [0.5, 0.6) is 0 Å². The minimum atomic E-state index is -4.53. The molecule has 1 aliphatic carbocycles. The molecule has 1 unspecified atom stereocenters. The highest BCUT2D eigenvalue weighted by Gasteiger charge is 2.32. The summed E-state index contributed by atoms with van der Waals surface area (Å²) in [4.78, 5) is 7.88. The van der Waals surface area contributed by atoms with Gasteiger partial charge in [0, 0.05) is 17.7 Å². The summed E-state index contributed by atoms with van der Waals surface area (Å²) in [7, 11) is -2.40. The van der Waals surface area contributed by atoms with E-state index < -0.39 is 28.0 Å². The summed E-state index contributed by atoms with van der Waals surface area (Å²) in [5.41, 5.74) is -0.499. The van der Waals surface area contributed by atoms with Crippen LogP contribution in [0.3, 0.4) is 0 Å². The normalized spacial score (nSPS) is 18.1. The molecule has 0 amide bonds. The van der Waals surface area contributed by atoms with Gasteiger partial charge in [0.15, 0.2) is 0 Å². The minimum Gasteiger partial charge on any atom is -0.418 e. The van der Waals surface area contributed by atoms with Gasteiger partial charge in [-0.05, 0) is 18.6 Å². The van der Waals surface area contributed by atoms with Crippen molar-refractivity contribution in [1.29, 1.82) is 0 Å². The molecule has 1 aliphatic rings. The number of hydrogen-bond donors (Lipinski definition) is 0. The van der Waals surface area contributed by atoms with Gasteiger partial charge in [0.05, 0.1) is 10.4 Å². The third-order valence-corrected chi connectivity index (χ3v) is 4.48. The summed E-state index contributed by atoms with van der Waals surface area (Å²) in [6.45, 7) is 1.80. The molecule has 0 aromatic carbocycles. The molecule has 2 aromatic heterocycles. The number of aromatic nitrogens is 2. The molecule has 0 spiro atoms. The van der Waals surface area contributed by atoms with Crippen molar-refractivity contribution in [3.8, 4) is 0 Å². The highest BCUT2D eigenvalue weighted by molar-refractivity contribution is 7.73. The number of alkyl halides is 3. The van der Waals surface area contributed by atoms with Crippen LogP contribution in [0.4, 0.5) is 13.2 Å². The van der Waals surface area contributed by atoms with E-state index in [-0.39, 0.29) is 22.0 Å². The monoisotopic (exact) mass is 356 g/mol. The fourth-order valence-electron chi connectivity index (χ4n) is 2.55. The number of oxazole rings is 1. The standard InChI is InChI=1S/C15H11F3N2O3S/c1-2-9-10(4-3-5-12(9)24(21)22)13-20-11-6-8(15(16,17)18)7-19-14(11)23-13/h3-7,9H,2H2,1H3. The van der Waals surface area contributed by atoms with E-state index in [2.05, 4.69) is 9.97 Å². The molecule has 2 heterocycles. The average molecular weight is 356 g/mol. The van der Waals surface area contributed by atoms with Crippen LogP contribution in [-0.2, 0) is 16.5 Å². The first-order valence-electron chi connectivity index (χ1n) is 6.99. The highest BCUT2D eigenvalue weighted by atomic mass is 32.2. The van der Waals surface area contributed by atoms with E-state index in [1.54, 1.807) is 13.0 Å². The van der Waals surface area contributed by atoms with E-state index in [1.807, 2.05) is 0 Å². The van der Waals surface area contributed by atoms with Crippen LogP contribution in [0.25, 0.3) is 16.8 Å². The molecule has 5 nitrogen and oxygen atoms in total. The largest absolute Gasteiger partial charge is 0.418 e. The molecule has 3 rings (SSSR count). The molecular weight excluding hydrogens is 345 g/mol. The first-order chi connectivity index (χ1) is 11.3. The third-order valence-electron chi connectivity index (χ3n) is 3.68. The summed E-state index contributed by atoms with van der Waals surface area (Å²) in [5, 5.41) is 0. The summed E-state index contributed by atoms with van der Waals surface area (Å²) in [6.07, 6.45) is 1.27. The fraction of sp³-hybridized carbons (Fsp3) is 0.267. The van der Waals surface area contributed by atoms with E-state index in [4.69, 9.17) is 4.42 Å². The average Bonchev–Trinajstić information content (AvgIpc) is 2.95. The van der Waals surface area contributed by atoms with Crippen LogP contribution < -0.4 is 0 Å². The number of halogens is 3. The van der Waals surface area contributed by atoms with Gasteiger partial charge in [0.25, 0.3) is 0 Å². The lowest BCUT2D eigenvalue weighted by Gasteiger charge is -2.17. The molecule has 0 radical (unpaired) electrons. The Morgan fingerprint density at radius 2 is 2.08 bits per heavy atom. The summed E-state index contributed by atoms with van der Waals surface area (Å²) in [6, 6.07) is 0.853. The van der Waals surface area contributed by atoms with Gasteiger partial charge in [-0.15, -0.1) is 0 Å². The van der Waals surface area contributed by atoms with Gasteiger partial charge in [0.2, 0.25) is 21.9 Å². The first-order valence-corrected chi connectivity index (χ1v) is 8.07. The van der Waals surface area contributed by atoms with Crippen molar-refractivity contribution in [2.75, 3.05) is 0 Å². The number of allylic oxidation sites excluding steroid dienone is 4. The van der Waals surface area contributed by atoms with E-state index in [9.17, 15) is 21.6 Å². The lowest BCUT2D eigenvalue weighted by molar-refractivity contribution is -0.137. The van der Waals surface area contributed by atoms with Gasteiger partial charge in [-0.2, -0.15) is 21.6 Å². The highest BCUT2D eigenvalue weighted by Crippen LogP contribution is 2.34. The Kier molecular flexibility index (Phi) is 4.04. The summed E-state index contributed by atoms with van der Waals surface area (Å²) in [5.74, 6) is -0.403. The number of hydrogen-bond acceptors (Lipinski definition) is 5. The Hall–Kier alpha value is -2.42. The molecule has 0 saturated carbocycles. The molecule has 9 heteroatoms. The zero-order valence-electron chi connectivity index (χ0n) is 12.3. The van der Waals surface area contributed by atoms with Gasteiger partial charge < -0.3 is 4.42 Å². The van der Waals surface area contributed by atoms with Crippen LogP contribution in [0.1, 0.15) is 24.8 Å². The Bertz CT molecular complexity index is 993. The zero-order valence-corrected chi connectivity index (χ0v) is 13.1. The second kappa shape index (κ2) is 5.90. The molecule has 0 N–H and O–H groups in total. The third kappa shape index (κ3) is 2.86. The Labute approximate surface area is 136 Å². The fourth-order valence-corrected chi connectivity index (χ4v) is 3.26. The Morgan fingerprint density at radius 3 is 2.71 bits per heavy atom. The molecule has 126 valence electrons. The van der Waals surface area contributed by atoms with Gasteiger partial charge in [0.1, 0.15) is 5.52 Å². The van der Waals surface area contributed by atoms with Crippen LogP contribution in [0, 0.1) is 5.92 Å². The van der Waals surface area contributed by atoms with Gasteiger partial charge in [-0.25, -0.2) is 9.97 Å². The van der Waals surface area contributed by atoms with E-state index in [0.717, 1.165) is 6.07 Å². The molecule has 0 aliphatic heterocycles.